The Balaban J connectivity index is 2.02. The fraction of sp³-hybridized carbons (Fsp3) is 0.280. The first kappa shape index (κ1) is 22.1. The molecule has 32 heavy (non-hydrogen) atoms. The molecule has 2 aromatic carbocycles. The van der Waals surface area contributed by atoms with Crippen molar-refractivity contribution in [3.05, 3.63) is 87.6 Å². The monoisotopic (exact) mass is 454 g/mol. The summed E-state index contributed by atoms with van der Waals surface area (Å²) in [5.74, 6) is -1.60. The molecule has 1 aliphatic heterocycles. The topological polar surface area (TPSA) is 72.6 Å². The van der Waals surface area contributed by atoms with E-state index in [-0.39, 0.29) is 22.6 Å². The number of nitrogens with zero attached hydrogens (tertiary/aromatic N) is 1. The minimum atomic E-state index is -0.685. The summed E-state index contributed by atoms with van der Waals surface area (Å²) >= 11 is 6.08. The van der Waals surface area contributed by atoms with Crippen LogP contribution in [0.2, 0.25) is 5.02 Å². The number of halogens is 2. The third-order valence-corrected chi connectivity index (χ3v) is 6.21. The second kappa shape index (κ2) is 8.10. The molecule has 4 rings (SSSR count). The molecule has 0 bridgehead atoms. The molecule has 1 heterocycles. The van der Waals surface area contributed by atoms with Gasteiger partial charge in [-0.05, 0) is 53.8 Å². The zero-order valence-electron chi connectivity index (χ0n) is 18.1. The lowest BCUT2D eigenvalue weighted by Crippen LogP contribution is -2.43. The molecular formula is C25H24ClFN2O3. The van der Waals surface area contributed by atoms with Crippen molar-refractivity contribution in [2.75, 3.05) is 12.0 Å². The van der Waals surface area contributed by atoms with E-state index in [1.165, 1.54) is 19.2 Å². The molecular weight excluding hydrogens is 431 g/mol. The summed E-state index contributed by atoms with van der Waals surface area (Å²) in [6.45, 7) is 4.04. The molecule has 0 saturated heterocycles. The number of ether oxygens (including phenoxy) is 1. The summed E-state index contributed by atoms with van der Waals surface area (Å²) in [5.41, 5.74) is 8.98. The van der Waals surface area contributed by atoms with Crippen molar-refractivity contribution < 1.29 is 18.7 Å². The molecule has 0 saturated carbocycles. The van der Waals surface area contributed by atoms with Gasteiger partial charge in [-0.1, -0.05) is 37.6 Å². The normalized spacial score (nSPS) is 20.3. The first-order valence-electron chi connectivity index (χ1n) is 10.3. The summed E-state index contributed by atoms with van der Waals surface area (Å²) in [6, 6.07) is 12.8. The summed E-state index contributed by atoms with van der Waals surface area (Å²) in [4.78, 5) is 28.2. The Bertz CT molecular complexity index is 1150. The lowest BCUT2D eigenvalue weighted by Gasteiger charge is -2.44. The molecule has 0 radical (unpaired) electrons. The van der Waals surface area contributed by atoms with Crippen LogP contribution in [0.3, 0.4) is 0 Å². The van der Waals surface area contributed by atoms with Gasteiger partial charge < -0.3 is 10.5 Å². The van der Waals surface area contributed by atoms with Crippen molar-refractivity contribution in [2.24, 2.45) is 11.1 Å². The number of esters is 1. The third kappa shape index (κ3) is 3.79. The zero-order chi connectivity index (χ0) is 23.2. The van der Waals surface area contributed by atoms with E-state index in [4.69, 9.17) is 22.1 Å². The summed E-state index contributed by atoms with van der Waals surface area (Å²) in [5, 5.41) is 0.541. The number of anilines is 1. The smallest absolute Gasteiger partial charge is 0.338 e. The van der Waals surface area contributed by atoms with Gasteiger partial charge in [0.2, 0.25) is 0 Å². The minimum Gasteiger partial charge on any atom is -0.466 e. The molecule has 0 fully saturated rings. The molecule has 0 unspecified atom stereocenters. The largest absolute Gasteiger partial charge is 0.466 e. The van der Waals surface area contributed by atoms with Crippen LogP contribution in [0.4, 0.5) is 10.1 Å². The second-order valence-electron chi connectivity index (χ2n) is 8.89. The fourth-order valence-corrected chi connectivity index (χ4v) is 4.72. The van der Waals surface area contributed by atoms with E-state index in [0.717, 1.165) is 5.56 Å². The maximum atomic E-state index is 13.6. The van der Waals surface area contributed by atoms with Gasteiger partial charge in [0.25, 0.3) is 0 Å². The Hall–Kier alpha value is -3.12. The molecule has 2 N–H and O–H groups in total. The summed E-state index contributed by atoms with van der Waals surface area (Å²) in [7, 11) is 1.28. The first-order valence-corrected chi connectivity index (χ1v) is 10.7. The van der Waals surface area contributed by atoms with Crippen LogP contribution in [0.1, 0.15) is 38.2 Å². The van der Waals surface area contributed by atoms with Gasteiger partial charge in [0.15, 0.2) is 5.78 Å². The number of nitrogens with two attached hydrogens (primary N) is 1. The minimum absolute atomic E-state index is 0.0581. The highest BCUT2D eigenvalue weighted by molar-refractivity contribution is 6.30. The van der Waals surface area contributed by atoms with E-state index < -0.39 is 17.7 Å². The van der Waals surface area contributed by atoms with Crippen LogP contribution in [0.25, 0.3) is 0 Å². The van der Waals surface area contributed by atoms with Crippen LogP contribution < -0.4 is 10.6 Å². The molecule has 0 spiro atoms. The van der Waals surface area contributed by atoms with E-state index >= 15 is 0 Å². The number of rotatable bonds is 3. The number of Topliss-reactive ketones (excluding diaryl/α,β-unsaturated/α-hetero) is 1. The Morgan fingerprint density at radius 2 is 1.75 bits per heavy atom. The lowest BCUT2D eigenvalue weighted by atomic mass is 9.68. The molecule has 1 aliphatic carbocycles. The molecule has 1 atom stereocenters. The number of methoxy groups -OCH3 is 1. The number of allylic oxidation sites excluding steroid dienone is 2. The molecule has 7 heteroatoms. The molecule has 5 nitrogen and oxygen atoms in total. The highest BCUT2D eigenvalue weighted by Crippen LogP contribution is 2.50. The number of hydrogen-bond donors (Lipinski definition) is 1. The van der Waals surface area contributed by atoms with Gasteiger partial charge in [-0.15, -0.1) is 0 Å². The van der Waals surface area contributed by atoms with Gasteiger partial charge >= 0.3 is 5.97 Å². The van der Waals surface area contributed by atoms with Crippen molar-refractivity contribution >= 4 is 29.0 Å². The average Bonchev–Trinajstić information content (AvgIpc) is 2.73. The van der Waals surface area contributed by atoms with Crippen molar-refractivity contribution in [1.29, 1.82) is 0 Å². The highest BCUT2D eigenvalue weighted by Gasteiger charge is 2.46. The molecule has 166 valence electrons. The predicted molar refractivity (Wildman–Crippen MR) is 121 cm³/mol. The van der Waals surface area contributed by atoms with Gasteiger partial charge in [0, 0.05) is 28.4 Å². The lowest BCUT2D eigenvalue weighted by molar-refractivity contribution is -0.136. The van der Waals surface area contributed by atoms with E-state index in [1.807, 2.05) is 13.8 Å². The quantitative estimate of drug-likeness (QED) is 0.655. The van der Waals surface area contributed by atoms with Crippen LogP contribution in [-0.4, -0.2) is 18.9 Å². The number of carbonyl (C=O) groups is 2. The highest BCUT2D eigenvalue weighted by atomic mass is 35.5. The van der Waals surface area contributed by atoms with Crippen molar-refractivity contribution in [2.45, 2.75) is 32.6 Å². The molecule has 2 aliphatic rings. The van der Waals surface area contributed by atoms with E-state index in [0.29, 0.717) is 34.8 Å². The number of carbonyl (C=O) groups excluding carboxylic acids is 2. The molecule has 2 aromatic rings. The summed E-state index contributed by atoms with van der Waals surface area (Å²) in [6.07, 6.45) is 0.895. The van der Waals surface area contributed by atoms with Gasteiger partial charge in [0.05, 0.1) is 18.6 Å². The Morgan fingerprint density at radius 3 is 2.34 bits per heavy atom. The maximum absolute atomic E-state index is 13.6. The van der Waals surface area contributed by atoms with Gasteiger partial charge in [-0.25, -0.2) is 9.18 Å². The third-order valence-electron chi connectivity index (χ3n) is 5.95. The van der Waals surface area contributed by atoms with Crippen LogP contribution >= 0.6 is 11.6 Å². The standard InChI is InChI=1S/C25H24ClFN2O3/c1-25(2)12-18-21(19(30)13-25)20(14-4-6-15(26)7-5-14)22(24(31)32-3)23(28)29(18)17-10-8-16(27)9-11-17/h4-11,20H,12-13,28H2,1-3H3/t20-/m0/s1. The number of hydrogen-bond acceptors (Lipinski definition) is 5. The van der Waals surface area contributed by atoms with Gasteiger partial charge in [0.1, 0.15) is 11.6 Å². The first-order chi connectivity index (χ1) is 15.1. The maximum Gasteiger partial charge on any atom is 0.338 e. The van der Waals surface area contributed by atoms with E-state index in [1.54, 1.807) is 41.3 Å². The number of ketones is 1. The van der Waals surface area contributed by atoms with Gasteiger partial charge in [-0.2, -0.15) is 0 Å². The summed E-state index contributed by atoms with van der Waals surface area (Å²) < 4.78 is 18.7. The Kier molecular flexibility index (Phi) is 5.59. The van der Waals surface area contributed by atoms with Crippen LogP contribution in [0.5, 0.6) is 0 Å². The van der Waals surface area contributed by atoms with Crippen LogP contribution in [0.15, 0.2) is 71.2 Å². The van der Waals surface area contributed by atoms with E-state index in [2.05, 4.69) is 0 Å². The average molecular weight is 455 g/mol. The fourth-order valence-electron chi connectivity index (χ4n) is 4.59. The van der Waals surface area contributed by atoms with Crippen molar-refractivity contribution in [3.8, 4) is 0 Å². The Morgan fingerprint density at radius 1 is 1.12 bits per heavy atom. The molecule has 0 aromatic heterocycles. The van der Waals surface area contributed by atoms with E-state index in [9.17, 15) is 14.0 Å². The zero-order valence-corrected chi connectivity index (χ0v) is 18.9. The Labute approximate surface area is 191 Å². The molecule has 0 amide bonds. The second-order valence-corrected chi connectivity index (χ2v) is 9.32. The van der Waals surface area contributed by atoms with Crippen molar-refractivity contribution in [1.82, 2.24) is 0 Å². The van der Waals surface area contributed by atoms with Crippen LogP contribution in [-0.2, 0) is 14.3 Å². The van der Waals surface area contributed by atoms with Crippen molar-refractivity contribution in [3.63, 3.8) is 0 Å². The number of benzene rings is 2. The predicted octanol–water partition coefficient (Wildman–Crippen LogP) is 5.07. The van der Waals surface area contributed by atoms with Crippen LogP contribution in [0, 0.1) is 11.2 Å². The SMILES string of the molecule is COC(=O)C1=C(N)N(c2ccc(F)cc2)C2=C(C(=O)CC(C)(C)C2)[C@@H]1c1ccc(Cl)cc1. The van der Waals surface area contributed by atoms with Gasteiger partial charge in [-0.3, -0.25) is 9.69 Å².